The average Bonchev–Trinajstić information content (AvgIpc) is 2.68. The van der Waals surface area contributed by atoms with Crippen LogP contribution in [0.1, 0.15) is 37.8 Å². The molecule has 0 saturated carbocycles. The quantitative estimate of drug-likeness (QED) is 0.331. The first-order valence-corrected chi connectivity index (χ1v) is 10.2. The zero-order chi connectivity index (χ0) is 20.4. The Kier molecular flexibility index (Phi) is 12.0. The molecule has 1 fully saturated rings. The lowest BCUT2D eigenvalue weighted by molar-refractivity contribution is 0.0963. The molecule has 164 valence electrons. The number of nitrogens with zero attached hydrogens (tertiary/aromatic N) is 3. The Bertz CT molecular complexity index is 628. The molecule has 1 amide bonds. The molecule has 8 heteroatoms. The highest BCUT2D eigenvalue weighted by atomic mass is 127. The summed E-state index contributed by atoms with van der Waals surface area (Å²) in [6, 6.07) is 8.92. The van der Waals surface area contributed by atoms with Crippen molar-refractivity contribution in [2.24, 2.45) is 4.99 Å². The van der Waals surface area contributed by atoms with Gasteiger partial charge in [0.1, 0.15) is 0 Å². The molecule has 0 unspecified atom stereocenters. The molecule has 1 aliphatic rings. The highest BCUT2D eigenvalue weighted by molar-refractivity contribution is 14.0. The van der Waals surface area contributed by atoms with E-state index in [9.17, 15) is 4.79 Å². The third-order valence-corrected chi connectivity index (χ3v) is 4.65. The number of carbonyl (C=O) groups excluding carboxylic acids is 1. The second-order valence-electron chi connectivity index (χ2n) is 7.35. The van der Waals surface area contributed by atoms with Gasteiger partial charge in [0.25, 0.3) is 0 Å². The highest BCUT2D eigenvalue weighted by Gasteiger charge is 2.23. The van der Waals surface area contributed by atoms with Crippen LogP contribution in [0.4, 0.5) is 4.79 Å². The van der Waals surface area contributed by atoms with Crippen LogP contribution >= 0.6 is 24.0 Å². The number of aliphatic imine (C=N–C) groups is 1. The summed E-state index contributed by atoms with van der Waals surface area (Å²) >= 11 is 0. The molecule has 0 aromatic heterocycles. The number of carbonyl (C=O) groups is 1. The van der Waals surface area contributed by atoms with Gasteiger partial charge >= 0.3 is 6.09 Å². The average molecular weight is 517 g/mol. The molecule has 7 nitrogen and oxygen atoms in total. The van der Waals surface area contributed by atoms with Gasteiger partial charge < -0.3 is 25.2 Å². The summed E-state index contributed by atoms with van der Waals surface area (Å²) in [6.45, 7) is 8.14. The lowest BCUT2D eigenvalue weighted by Gasteiger charge is -2.32. The van der Waals surface area contributed by atoms with Crippen molar-refractivity contribution in [1.82, 2.24) is 20.4 Å². The summed E-state index contributed by atoms with van der Waals surface area (Å²) in [5.41, 5.74) is 2.49. The Morgan fingerprint density at radius 2 is 1.79 bits per heavy atom. The second-order valence-corrected chi connectivity index (χ2v) is 7.35. The second kappa shape index (κ2) is 13.6. The van der Waals surface area contributed by atoms with E-state index >= 15 is 0 Å². The minimum atomic E-state index is -0.209. The monoisotopic (exact) mass is 517 g/mol. The van der Waals surface area contributed by atoms with Gasteiger partial charge in [-0.1, -0.05) is 24.3 Å². The van der Waals surface area contributed by atoms with Gasteiger partial charge in [-0.3, -0.25) is 0 Å². The number of hydrogen-bond donors (Lipinski definition) is 2. The van der Waals surface area contributed by atoms with Crippen LogP contribution in [0.2, 0.25) is 0 Å². The van der Waals surface area contributed by atoms with Crippen LogP contribution in [0.5, 0.6) is 0 Å². The molecule has 1 aromatic carbocycles. The lowest BCUT2D eigenvalue weighted by Crippen LogP contribution is -2.49. The maximum Gasteiger partial charge on any atom is 0.409 e. The van der Waals surface area contributed by atoms with Crippen molar-refractivity contribution in [3.05, 3.63) is 35.4 Å². The maximum atomic E-state index is 11.8. The number of hydrogen-bond acceptors (Lipinski definition) is 4. The first-order valence-electron chi connectivity index (χ1n) is 10.2. The van der Waals surface area contributed by atoms with Crippen molar-refractivity contribution in [3.63, 3.8) is 0 Å². The number of halogens is 1. The number of amides is 1. The van der Waals surface area contributed by atoms with E-state index in [1.54, 1.807) is 4.90 Å². The number of rotatable bonds is 7. The smallest absolute Gasteiger partial charge is 0.409 e. The third-order valence-electron chi connectivity index (χ3n) is 4.65. The highest BCUT2D eigenvalue weighted by Crippen LogP contribution is 2.12. The number of nitrogens with one attached hydrogen (secondary N) is 2. The summed E-state index contributed by atoms with van der Waals surface area (Å²) in [4.78, 5) is 20.5. The van der Waals surface area contributed by atoms with Crippen LogP contribution in [0.3, 0.4) is 0 Å². The van der Waals surface area contributed by atoms with Gasteiger partial charge in [0.2, 0.25) is 0 Å². The van der Waals surface area contributed by atoms with Gasteiger partial charge in [-0.15, -0.1) is 24.0 Å². The molecule has 2 N–H and O–H groups in total. The summed E-state index contributed by atoms with van der Waals surface area (Å²) in [5, 5.41) is 6.83. The van der Waals surface area contributed by atoms with Gasteiger partial charge in [-0.2, -0.15) is 0 Å². The van der Waals surface area contributed by atoms with Crippen LogP contribution in [0.15, 0.2) is 29.3 Å². The van der Waals surface area contributed by atoms with Crippen LogP contribution < -0.4 is 10.6 Å². The zero-order valence-corrected chi connectivity index (χ0v) is 20.4. The molecule has 0 spiro atoms. The fourth-order valence-electron chi connectivity index (χ4n) is 3.22. The minimum Gasteiger partial charge on any atom is -0.450 e. The van der Waals surface area contributed by atoms with Crippen LogP contribution in [-0.2, 0) is 17.8 Å². The van der Waals surface area contributed by atoms with Crippen molar-refractivity contribution < 1.29 is 9.53 Å². The van der Waals surface area contributed by atoms with Crippen LogP contribution in [-0.4, -0.2) is 68.2 Å². The lowest BCUT2D eigenvalue weighted by atomic mass is 10.1. The van der Waals surface area contributed by atoms with E-state index in [-0.39, 0.29) is 30.1 Å². The molecular formula is C21H36IN5O2. The van der Waals surface area contributed by atoms with Gasteiger partial charge in [-0.05, 0) is 51.9 Å². The molecular weight excluding hydrogens is 481 g/mol. The van der Waals surface area contributed by atoms with Gasteiger partial charge in [0, 0.05) is 32.2 Å². The fourth-order valence-corrected chi connectivity index (χ4v) is 3.22. The Morgan fingerprint density at radius 3 is 2.34 bits per heavy atom. The fraction of sp³-hybridized carbons (Fsp3) is 0.619. The van der Waals surface area contributed by atoms with E-state index in [1.807, 2.05) is 6.92 Å². The molecule has 1 aromatic rings. The van der Waals surface area contributed by atoms with E-state index in [0.29, 0.717) is 32.3 Å². The Morgan fingerprint density at radius 1 is 1.17 bits per heavy atom. The number of ether oxygens (including phenoxy) is 1. The van der Waals surface area contributed by atoms with Crippen LogP contribution in [0.25, 0.3) is 0 Å². The van der Waals surface area contributed by atoms with Crippen molar-refractivity contribution >= 4 is 36.0 Å². The SMILES string of the molecule is CCNC(=NCc1ccc(CN(C)C)cc1)NC1CCN(C(=O)OCC)CC1.I. The standard InChI is InChI=1S/C21H35N5O2.HI/c1-5-22-20(23-15-17-7-9-18(10-8-17)16-25(3)4)24-19-11-13-26(14-12-19)21(27)28-6-2;/h7-10,19H,5-6,11-16H2,1-4H3,(H2,22,23,24);1H. The normalized spacial score (nSPS) is 15.1. The van der Waals surface area contributed by atoms with E-state index in [1.165, 1.54) is 11.1 Å². The molecule has 1 aliphatic heterocycles. The molecule has 0 radical (unpaired) electrons. The zero-order valence-electron chi connectivity index (χ0n) is 18.1. The number of guanidine groups is 1. The van der Waals surface area contributed by atoms with E-state index in [2.05, 4.69) is 60.8 Å². The summed E-state index contributed by atoms with van der Waals surface area (Å²) in [6.07, 6.45) is 1.57. The van der Waals surface area contributed by atoms with Crippen molar-refractivity contribution in [3.8, 4) is 0 Å². The molecule has 1 saturated heterocycles. The maximum absolute atomic E-state index is 11.8. The molecule has 1 heterocycles. The molecule has 0 bridgehead atoms. The van der Waals surface area contributed by atoms with Crippen molar-refractivity contribution in [1.29, 1.82) is 0 Å². The van der Waals surface area contributed by atoms with E-state index < -0.39 is 0 Å². The number of likely N-dealkylation sites (tertiary alicyclic amines) is 1. The van der Waals surface area contributed by atoms with Crippen molar-refractivity contribution in [2.75, 3.05) is 40.3 Å². The largest absolute Gasteiger partial charge is 0.450 e. The van der Waals surface area contributed by atoms with Gasteiger partial charge in [0.15, 0.2) is 5.96 Å². The third kappa shape index (κ3) is 9.20. The topological polar surface area (TPSA) is 69.2 Å². The predicted molar refractivity (Wildman–Crippen MR) is 129 cm³/mol. The molecule has 29 heavy (non-hydrogen) atoms. The summed E-state index contributed by atoms with van der Waals surface area (Å²) in [7, 11) is 4.15. The number of benzene rings is 1. The van der Waals surface area contributed by atoms with Gasteiger partial charge in [0.05, 0.1) is 13.2 Å². The van der Waals surface area contributed by atoms with E-state index in [4.69, 9.17) is 9.73 Å². The molecule has 0 atom stereocenters. The Labute approximate surface area is 192 Å². The summed E-state index contributed by atoms with van der Waals surface area (Å²) in [5.74, 6) is 0.828. The van der Waals surface area contributed by atoms with Crippen molar-refractivity contribution in [2.45, 2.75) is 45.8 Å². The summed E-state index contributed by atoms with van der Waals surface area (Å²) < 4.78 is 5.08. The Balaban J connectivity index is 0.00000420. The first-order chi connectivity index (χ1) is 13.5. The molecule has 0 aliphatic carbocycles. The van der Waals surface area contributed by atoms with Gasteiger partial charge in [-0.25, -0.2) is 9.79 Å². The van der Waals surface area contributed by atoms with E-state index in [0.717, 1.165) is 31.9 Å². The first kappa shape index (κ1) is 25.5. The minimum absolute atomic E-state index is 0. The molecule has 2 rings (SSSR count). The predicted octanol–water partition coefficient (Wildman–Crippen LogP) is 3.04. The van der Waals surface area contributed by atoms with Crippen LogP contribution in [0, 0.1) is 0 Å². The Hall–Kier alpha value is -1.55. The number of piperidine rings is 1.